The summed E-state index contributed by atoms with van der Waals surface area (Å²) in [7, 11) is 1.57. The molecular weight excluding hydrogens is 396 g/mol. The van der Waals surface area contributed by atoms with Gasteiger partial charge in [0.1, 0.15) is 0 Å². The van der Waals surface area contributed by atoms with Gasteiger partial charge in [-0.15, -0.1) is 0 Å². The predicted octanol–water partition coefficient (Wildman–Crippen LogP) is 4.81. The van der Waals surface area contributed by atoms with Crippen molar-refractivity contribution in [3.05, 3.63) is 89.2 Å². The molecule has 6 heteroatoms. The van der Waals surface area contributed by atoms with E-state index in [0.29, 0.717) is 0 Å². The molecule has 1 heterocycles. The summed E-state index contributed by atoms with van der Waals surface area (Å²) >= 11 is 3.53. The van der Waals surface area contributed by atoms with Crippen LogP contribution in [-0.2, 0) is 15.1 Å². The van der Waals surface area contributed by atoms with E-state index in [-0.39, 0.29) is 13.4 Å². The molecule has 3 aromatic rings. The number of aryl methyl sites for hydroxylation is 2. The number of aldehydes is 1. The zero-order valence-corrected chi connectivity index (χ0v) is 18.0. The van der Waals surface area contributed by atoms with Crippen molar-refractivity contribution >= 4 is 18.9 Å². The van der Waals surface area contributed by atoms with E-state index in [0.717, 1.165) is 28.8 Å². The molecule has 0 N–H and O–H groups in total. The van der Waals surface area contributed by atoms with Gasteiger partial charge in [0.25, 0.3) is 0 Å². The molecule has 0 fully saturated rings. The summed E-state index contributed by atoms with van der Waals surface area (Å²) in [5.41, 5.74) is 2.01. The Bertz CT molecular complexity index is 845. The summed E-state index contributed by atoms with van der Waals surface area (Å²) in [6, 6.07) is 21.1. The third-order valence-corrected chi connectivity index (χ3v) is 4.45. The van der Waals surface area contributed by atoms with Crippen molar-refractivity contribution < 1.29 is 14.3 Å². The van der Waals surface area contributed by atoms with Gasteiger partial charge in [-0.05, 0) is 37.3 Å². The van der Waals surface area contributed by atoms with Crippen molar-refractivity contribution in [3.63, 3.8) is 0 Å². The van der Waals surface area contributed by atoms with Crippen LogP contribution in [0.3, 0.4) is 0 Å². The molecule has 1 unspecified atom stereocenters. The number of hydrogen-bond acceptors (Lipinski definition) is 6. The van der Waals surface area contributed by atoms with Gasteiger partial charge in [-0.1, -0.05) is 68.1 Å². The van der Waals surface area contributed by atoms with E-state index >= 15 is 0 Å². The van der Waals surface area contributed by atoms with Crippen LogP contribution in [0.25, 0.3) is 0 Å². The minimum absolute atomic E-state index is 0. The normalized spacial score (nSPS) is 11.4. The van der Waals surface area contributed by atoms with Crippen molar-refractivity contribution in [1.82, 2.24) is 9.97 Å². The molecule has 0 saturated heterocycles. The zero-order valence-electron chi connectivity index (χ0n) is 17.1. The minimum Gasteiger partial charge on any atom is -0.449 e. The van der Waals surface area contributed by atoms with E-state index in [1.807, 2.05) is 80.6 Å². The second-order valence-electron chi connectivity index (χ2n) is 6.28. The number of hydrogen-bond donors (Lipinski definition) is 1. The monoisotopic (exact) mass is 426 g/mol. The van der Waals surface area contributed by atoms with Crippen molar-refractivity contribution in [1.29, 1.82) is 0 Å². The highest BCUT2D eigenvalue weighted by molar-refractivity contribution is 7.79. The Morgan fingerprint density at radius 3 is 1.70 bits per heavy atom. The predicted molar refractivity (Wildman–Crippen MR) is 124 cm³/mol. The first-order valence-corrected chi connectivity index (χ1v) is 10.0. The molecule has 0 aliphatic heterocycles. The summed E-state index contributed by atoms with van der Waals surface area (Å²) in [5, 5.41) is 0. The van der Waals surface area contributed by atoms with Crippen LogP contribution < -0.4 is 4.74 Å². The molecule has 1 atom stereocenters. The number of ether oxygens (including phenoxy) is 2. The average Bonchev–Trinajstić information content (AvgIpc) is 2.76. The lowest BCUT2D eigenvalue weighted by Crippen LogP contribution is -2.47. The van der Waals surface area contributed by atoms with Gasteiger partial charge in [-0.3, -0.25) is 4.79 Å². The maximum Gasteiger partial charge on any atom is 0.317 e. The number of methoxy groups -OCH3 is 1. The van der Waals surface area contributed by atoms with Crippen molar-refractivity contribution in [2.75, 3.05) is 13.4 Å². The van der Waals surface area contributed by atoms with E-state index in [1.54, 1.807) is 13.4 Å². The summed E-state index contributed by atoms with van der Waals surface area (Å²) in [6.45, 7) is 3.71. The first-order chi connectivity index (χ1) is 14.1. The Labute approximate surface area is 184 Å². The quantitative estimate of drug-likeness (QED) is 0.434. The van der Waals surface area contributed by atoms with Crippen LogP contribution in [-0.4, -0.2) is 35.7 Å². The smallest absolute Gasteiger partial charge is 0.317 e. The fraction of sp³-hybridized carbons (Fsp3) is 0.292. The van der Waals surface area contributed by atoms with Crippen LogP contribution in [0.1, 0.15) is 29.9 Å². The highest BCUT2D eigenvalue weighted by Gasteiger charge is 2.45. The lowest BCUT2D eigenvalue weighted by Gasteiger charge is -2.37. The van der Waals surface area contributed by atoms with Crippen LogP contribution in [0, 0.1) is 13.8 Å². The lowest BCUT2D eigenvalue weighted by molar-refractivity contribution is -0.128. The van der Waals surface area contributed by atoms with Gasteiger partial charge in [-0.2, -0.15) is 12.6 Å². The first kappa shape index (κ1) is 25.3. The number of rotatable bonds is 7. The summed E-state index contributed by atoms with van der Waals surface area (Å²) in [5.74, 6) is 0. The van der Waals surface area contributed by atoms with Gasteiger partial charge in [0.15, 0.2) is 18.0 Å². The third-order valence-electron chi connectivity index (χ3n) is 4.45. The second-order valence-corrected chi connectivity index (χ2v) is 6.28. The Morgan fingerprint density at radius 1 is 0.900 bits per heavy atom. The maximum absolute atomic E-state index is 12.2. The standard InChI is InChI=1S/C22H22N2O3.CH4S.CH4/c1-16-14-17(2)24-21(23-16)27-20(15-25)22(26-3,18-10-6-4-7-11-18)19-12-8-5-9-13-19;1-2;/h4-15,20H,1-3H3;2H,1H3;1H4. The molecule has 0 bridgehead atoms. The molecule has 0 saturated carbocycles. The number of carbonyl (C=O) groups is 1. The van der Waals surface area contributed by atoms with Crippen molar-refractivity contribution in [2.45, 2.75) is 33.0 Å². The highest BCUT2D eigenvalue weighted by atomic mass is 32.1. The molecule has 0 amide bonds. The van der Waals surface area contributed by atoms with Crippen LogP contribution in [0.2, 0.25) is 0 Å². The third kappa shape index (κ3) is 5.46. The van der Waals surface area contributed by atoms with E-state index in [4.69, 9.17) is 9.47 Å². The van der Waals surface area contributed by atoms with Crippen molar-refractivity contribution in [3.8, 4) is 6.01 Å². The van der Waals surface area contributed by atoms with Crippen LogP contribution >= 0.6 is 12.6 Å². The SMILES string of the molecule is C.COC(c1ccccc1)(c1ccccc1)C(C=O)Oc1nc(C)cc(C)n1.CS. The van der Waals surface area contributed by atoms with Gasteiger partial charge in [0.2, 0.25) is 0 Å². The maximum atomic E-state index is 12.2. The Hall–Kier alpha value is -2.70. The molecule has 3 rings (SSSR count). The van der Waals surface area contributed by atoms with Gasteiger partial charge in [-0.25, -0.2) is 9.97 Å². The zero-order chi connectivity index (χ0) is 21.3. The largest absolute Gasteiger partial charge is 0.449 e. The van der Waals surface area contributed by atoms with Crippen molar-refractivity contribution in [2.24, 2.45) is 0 Å². The molecule has 0 aliphatic rings. The molecule has 0 radical (unpaired) electrons. The average molecular weight is 427 g/mol. The Kier molecular flexibility index (Phi) is 10.2. The first-order valence-electron chi connectivity index (χ1n) is 9.15. The van der Waals surface area contributed by atoms with Gasteiger partial charge in [0, 0.05) is 18.5 Å². The van der Waals surface area contributed by atoms with Gasteiger partial charge >= 0.3 is 6.01 Å². The van der Waals surface area contributed by atoms with E-state index in [1.165, 1.54) is 0 Å². The Balaban J connectivity index is 0.00000146. The molecular formula is C24H30N2O3S. The van der Waals surface area contributed by atoms with Crippen LogP contribution in [0.4, 0.5) is 0 Å². The summed E-state index contributed by atoms with van der Waals surface area (Å²) < 4.78 is 12.0. The van der Waals surface area contributed by atoms with E-state index < -0.39 is 11.7 Å². The molecule has 0 spiro atoms. The Morgan fingerprint density at radius 2 is 1.33 bits per heavy atom. The van der Waals surface area contributed by atoms with Crippen LogP contribution in [0.5, 0.6) is 6.01 Å². The number of thiol groups is 1. The molecule has 2 aromatic carbocycles. The molecule has 30 heavy (non-hydrogen) atoms. The van der Waals surface area contributed by atoms with Gasteiger partial charge < -0.3 is 9.47 Å². The second kappa shape index (κ2) is 12.1. The number of nitrogens with zero attached hydrogens (tertiary/aromatic N) is 2. The summed E-state index contributed by atoms with van der Waals surface area (Å²) in [4.78, 5) is 20.8. The number of benzene rings is 2. The summed E-state index contributed by atoms with van der Waals surface area (Å²) in [6.07, 6.45) is 1.46. The lowest BCUT2D eigenvalue weighted by atomic mass is 9.81. The minimum atomic E-state index is -1.13. The molecule has 5 nitrogen and oxygen atoms in total. The molecule has 160 valence electrons. The van der Waals surface area contributed by atoms with Crippen LogP contribution in [0.15, 0.2) is 66.7 Å². The molecule has 0 aliphatic carbocycles. The number of aromatic nitrogens is 2. The molecule has 1 aromatic heterocycles. The topological polar surface area (TPSA) is 61.3 Å². The number of carbonyl (C=O) groups excluding carboxylic acids is 1. The van der Waals surface area contributed by atoms with E-state index in [9.17, 15) is 4.79 Å². The fourth-order valence-electron chi connectivity index (χ4n) is 3.28. The fourth-order valence-corrected chi connectivity index (χ4v) is 3.28. The van der Waals surface area contributed by atoms with Gasteiger partial charge in [0.05, 0.1) is 0 Å². The van der Waals surface area contributed by atoms with E-state index in [2.05, 4.69) is 22.6 Å². The highest BCUT2D eigenvalue weighted by Crippen LogP contribution is 2.37.